The van der Waals surface area contributed by atoms with E-state index in [0.717, 1.165) is 54.9 Å². The maximum Gasteiger partial charge on any atom is 0.255 e. The van der Waals surface area contributed by atoms with Crippen LogP contribution in [0.25, 0.3) is 0 Å². The molecule has 0 spiro atoms. The van der Waals surface area contributed by atoms with Gasteiger partial charge in [-0.15, -0.1) is 0 Å². The van der Waals surface area contributed by atoms with Crippen molar-refractivity contribution in [2.24, 2.45) is 5.92 Å². The number of halogens is 2. The smallest absolute Gasteiger partial charge is 0.255 e. The third kappa shape index (κ3) is 7.54. The maximum atomic E-state index is 15.0. The number of carbonyl (C=O) groups is 1. The van der Waals surface area contributed by atoms with Crippen LogP contribution >= 0.6 is 0 Å². The van der Waals surface area contributed by atoms with Crippen molar-refractivity contribution in [3.8, 4) is 11.8 Å². The lowest BCUT2D eigenvalue weighted by molar-refractivity contribution is -0.0206. The Morgan fingerprint density at radius 2 is 1.71 bits per heavy atom. The van der Waals surface area contributed by atoms with Crippen molar-refractivity contribution in [2.45, 2.75) is 25.5 Å². The van der Waals surface area contributed by atoms with Gasteiger partial charge in [-0.3, -0.25) is 4.79 Å². The van der Waals surface area contributed by atoms with Crippen LogP contribution in [0.4, 0.5) is 25.8 Å². The van der Waals surface area contributed by atoms with Gasteiger partial charge in [0.2, 0.25) is 0 Å². The second-order valence-corrected chi connectivity index (χ2v) is 13.0. The van der Waals surface area contributed by atoms with Crippen molar-refractivity contribution in [1.82, 2.24) is 14.8 Å². The number of hydrogen-bond acceptors (Lipinski definition) is 8. The Bertz CT molecular complexity index is 2030. The molecule has 5 aromatic rings. The van der Waals surface area contributed by atoms with E-state index in [1.165, 1.54) is 18.5 Å². The molecule has 1 aromatic heterocycles. The Morgan fingerprint density at radius 3 is 2.37 bits per heavy atom. The first-order valence-corrected chi connectivity index (χ1v) is 16.9. The zero-order valence-electron chi connectivity index (χ0n) is 28.1. The summed E-state index contributed by atoms with van der Waals surface area (Å²) in [4.78, 5) is 21.4. The average molecular weight is 690 g/mol. The van der Waals surface area contributed by atoms with Crippen LogP contribution in [0.15, 0.2) is 97.6 Å². The lowest BCUT2D eigenvalue weighted by Gasteiger charge is -2.37. The van der Waals surface area contributed by atoms with E-state index in [0.29, 0.717) is 42.0 Å². The van der Waals surface area contributed by atoms with E-state index in [1.807, 2.05) is 37.3 Å². The Labute approximate surface area is 294 Å². The molecule has 2 atom stereocenters. The van der Waals surface area contributed by atoms with Gasteiger partial charge in [-0.05, 0) is 91.7 Å². The first kappa shape index (κ1) is 33.7. The van der Waals surface area contributed by atoms with E-state index >= 15 is 4.39 Å². The van der Waals surface area contributed by atoms with Gasteiger partial charge in [-0.2, -0.15) is 10.4 Å². The fourth-order valence-corrected chi connectivity index (χ4v) is 6.86. The van der Waals surface area contributed by atoms with Crippen LogP contribution in [0.5, 0.6) is 5.75 Å². The third-order valence-electron chi connectivity index (χ3n) is 9.56. The van der Waals surface area contributed by atoms with Crippen molar-refractivity contribution in [3.05, 3.63) is 131 Å². The molecule has 0 unspecified atom stereocenters. The molecule has 260 valence electrons. The van der Waals surface area contributed by atoms with Crippen molar-refractivity contribution in [3.63, 3.8) is 0 Å². The van der Waals surface area contributed by atoms with E-state index in [9.17, 15) is 9.18 Å². The molecule has 1 N–H and O–H groups in total. The molecule has 2 aliphatic rings. The summed E-state index contributed by atoms with van der Waals surface area (Å²) in [6.45, 7) is 6.37. The zero-order chi connectivity index (χ0) is 35.4. The van der Waals surface area contributed by atoms with Crippen LogP contribution in [0.1, 0.15) is 33.5 Å². The van der Waals surface area contributed by atoms with Crippen molar-refractivity contribution >= 4 is 23.0 Å². The number of piperazine rings is 1. The van der Waals surface area contributed by atoms with Crippen molar-refractivity contribution < 1.29 is 23.0 Å². The Morgan fingerprint density at radius 1 is 0.980 bits per heavy atom. The number of hydrogen-bond donors (Lipinski definition) is 1. The molecule has 4 aromatic carbocycles. The minimum Gasteiger partial charge on any atom is -0.493 e. The second kappa shape index (κ2) is 14.6. The largest absolute Gasteiger partial charge is 0.493 e. The number of amides is 1. The summed E-state index contributed by atoms with van der Waals surface area (Å²) in [6.07, 6.45) is 3.45. The second-order valence-electron chi connectivity index (χ2n) is 13.0. The molecular formula is C39H37F2N7O3. The van der Waals surface area contributed by atoms with Gasteiger partial charge in [0, 0.05) is 66.4 Å². The van der Waals surface area contributed by atoms with Crippen LogP contribution in [0, 0.1) is 35.8 Å². The number of benzene rings is 4. The molecule has 0 radical (unpaired) electrons. The number of nitrogens with one attached hydrogen (secondary N) is 1. The summed E-state index contributed by atoms with van der Waals surface area (Å²) < 4.78 is 42.9. The molecule has 2 fully saturated rings. The molecule has 10 nitrogen and oxygen atoms in total. The minimum absolute atomic E-state index is 0.0175. The number of rotatable bonds is 10. The van der Waals surface area contributed by atoms with Crippen LogP contribution < -0.4 is 19.9 Å². The Hall–Kier alpha value is -5.80. The molecule has 1 amide bonds. The van der Waals surface area contributed by atoms with E-state index < -0.39 is 17.2 Å². The Kier molecular flexibility index (Phi) is 9.63. The standard InChI is InChI=1S/C39H37F2N7O3/c1-27-18-34(47-16-14-46(15-17-47)33-9-4-30(5-10-33)38(49)45-32-7-2-28(21-42)3-8-32)11-13-37(27)50-22-29-20-39(51-23-29,24-48-26-43-25-44-48)35-12-6-31(40)19-36(35)41/h2-13,18-19,25-26,29H,14-17,20,22-24H2,1H3,(H,45,49)/t29-,39+/m1/s1. The quantitative estimate of drug-likeness (QED) is 0.181. The molecule has 51 heavy (non-hydrogen) atoms. The van der Waals surface area contributed by atoms with Gasteiger partial charge in [0.05, 0.1) is 31.4 Å². The van der Waals surface area contributed by atoms with Gasteiger partial charge in [-0.25, -0.2) is 18.4 Å². The molecule has 7 rings (SSSR count). The first-order valence-electron chi connectivity index (χ1n) is 16.9. The van der Waals surface area contributed by atoms with Gasteiger partial charge in [0.25, 0.3) is 5.91 Å². The highest BCUT2D eigenvalue weighted by molar-refractivity contribution is 6.04. The molecule has 0 saturated carbocycles. The van der Waals surface area contributed by atoms with E-state index in [-0.39, 0.29) is 18.4 Å². The number of ether oxygens (including phenoxy) is 2. The fourth-order valence-electron chi connectivity index (χ4n) is 6.86. The highest BCUT2D eigenvalue weighted by Crippen LogP contribution is 2.42. The summed E-state index contributed by atoms with van der Waals surface area (Å²) in [5.41, 5.74) is 4.21. The van der Waals surface area contributed by atoms with Gasteiger partial charge in [0.1, 0.15) is 35.6 Å². The van der Waals surface area contributed by atoms with E-state index in [1.54, 1.807) is 35.3 Å². The summed E-state index contributed by atoms with van der Waals surface area (Å²) in [5, 5.41) is 16.0. The molecular weight excluding hydrogens is 652 g/mol. The summed E-state index contributed by atoms with van der Waals surface area (Å²) in [6, 6.07) is 26.3. The number of nitrogens with zero attached hydrogens (tertiary/aromatic N) is 6. The van der Waals surface area contributed by atoms with Crippen LogP contribution in [0.3, 0.4) is 0 Å². The first-order chi connectivity index (χ1) is 24.8. The van der Waals surface area contributed by atoms with E-state index in [2.05, 4.69) is 43.4 Å². The van der Waals surface area contributed by atoms with E-state index in [4.69, 9.17) is 14.7 Å². The van der Waals surface area contributed by atoms with Crippen molar-refractivity contribution in [2.75, 3.05) is 54.5 Å². The average Bonchev–Trinajstić information content (AvgIpc) is 3.82. The van der Waals surface area contributed by atoms with Crippen LogP contribution in [-0.2, 0) is 16.9 Å². The topological polar surface area (TPSA) is 109 Å². The molecule has 3 heterocycles. The molecule has 2 aliphatic heterocycles. The number of anilines is 3. The molecule has 2 saturated heterocycles. The van der Waals surface area contributed by atoms with Gasteiger partial charge in [-0.1, -0.05) is 6.07 Å². The predicted octanol–water partition coefficient (Wildman–Crippen LogP) is 6.33. The number of aryl methyl sites for hydroxylation is 1. The SMILES string of the molecule is Cc1cc(N2CCN(c3ccc(C(=O)Nc4ccc(C#N)cc4)cc3)CC2)ccc1OC[C@@H]1CO[C@@](Cn2cncn2)(c2ccc(F)cc2F)C1. The van der Waals surface area contributed by atoms with Crippen molar-refractivity contribution in [1.29, 1.82) is 5.26 Å². The highest BCUT2D eigenvalue weighted by Gasteiger charge is 2.44. The number of carbonyl (C=O) groups excluding carboxylic acids is 1. The normalized spacial score (nSPS) is 18.7. The number of aromatic nitrogens is 3. The molecule has 0 bridgehead atoms. The monoisotopic (exact) mass is 689 g/mol. The molecule has 0 aliphatic carbocycles. The lowest BCUT2D eigenvalue weighted by atomic mass is 9.87. The number of nitriles is 1. The van der Waals surface area contributed by atoms with Gasteiger partial charge < -0.3 is 24.6 Å². The van der Waals surface area contributed by atoms with Gasteiger partial charge in [0.15, 0.2) is 0 Å². The Balaban J connectivity index is 0.922. The van der Waals surface area contributed by atoms with Gasteiger partial charge >= 0.3 is 0 Å². The fraction of sp³-hybridized carbons (Fsp3) is 0.282. The summed E-state index contributed by atoms with van der Waals surface area (Å²) in [7, 11) is 0. The lowest BCUT2D eigenvalue weighted by Crippen LogP contribution is -2.46. The zero-order valence-corrected chi connectivity index (χ0v) is 28.1. The predicted molar refractivity (Wildman–Crippen MR) is 189 cm³/mol. The minimum atomic E-state index is -1.02. The third-order valence-corrected chi connectivity index (χ3v) is 9.56. The van der Waals surface area contributed by atoms with Crippen LogP contribution in [-0.4, -0.2) is 60.1 Å². The maximum absolute atomic E-state index is 15.0. The molecule has 12 heteroatoms. The highest BCUT2D eigenvalue weighted by atomic mass is 19.1. The summed E-state index contributed by atoms with van der Waals surface area (Å²) in [5.74, 6) is -0.727. The summed E-state index contributed by atoms with van der Waals surface area (Å²) >= 11 is 0. The van der Waals surface area contributed by atoms with Crippen LogP contribution in [0.2, 0.25) is 0 Å².